The van der Waals surface area contributed by atoms with Crippen molar-refractivity contribution < 1.29 is 0 Å². The van der Waals surface area contributed by atoms with Gasteiger partial charge >= 0.3 is 0 Å². The molecule has 0 aromatic heterocycles. The van der Waals surface area contributed by atoms with Gasteiger partial charge in [-0.1, -0.05) is 27.2 Å². The van der Waals surface area contributed by atoms with Gasteiger partial charge in [-0.05, 0) is 31.3 Å². The smallest absolute Gasteiger partial charge is 0.185 e. The summed E-state index contributed by atoms with van der Waals surface area (Å²) in [4.78, 5) is 5.08. The Labute approximate surface area is 96.4 Å². The summed E-state index contributed by atoms with van der Waals surface area (Å²) < 4.78 is 0. The van der Waals surface area contributed by atoms with Crippen molar-refractivity contribution in [2.75, 3.05) is 32.7 Å². The van der Waals surface area contributed by atoms with Crippen LogP contribution in [0.25, 0.3) is 0 Å². The quantitative estimate of drug-likeness (QED) is 0.632. The van der Waals surface area contributed by atoms with Crippen molar-refractivity contribution >= 4 is 7.98 Å². The highest BCUT2D eigenvalue weighted by atomic mass is 15.2. The standard InChI is InChI=1S/C12H27BN2/c1-4-6-12(3,5-2)11-14-7-9-15(13)10-8-14/h4-11,13H2,1-3H3. The van der Waals surface area contributed by atoms with E-state index in [1.54, 1.807) is 0 Å². The van der Waals surface area contributed by atoms with Gasteiger partial charge in [-0.2, -0.15) is 0 Å². The Morgan fingerprint density at radius 2 is 1.73 bits per heavy atom. The van der Waals surface area contributed by atoms with Gasteiger partial charge in [0.25, 0.3) is 0 Å². The zero-order valence-corrected chi connectivity index (χ0v) is 11.1. The first-order valence-electron chi connectivity index (χ1n) is 6.50. The van der Waals surface area contributed by atoms with E-state index in [9.17, 15) is 0 Å². The largest absolute Gasteiger partial charge is 0.346 e. The predicted octanol–water partition coefficient (Wildman–Crippen LogP) is 1.37. The van der Waals surface area contributed by atoms with Gasteiger partial charge in [-0.25, -0.2) is 0 Å². The average Bonchev–Trinajstić information content (AvgIpc) is 2.22. The second-order valence-corrected chi connectivity index (χ2v) is 5.49. The molecule has 0 saturated carbocycles. The van der Waals surface area contributed by atoms with E-state index < -0.39 is 0 Å². The highest BCUT2D eigenvalue weighted by Gasteiger charge is 2.25. The molecule has 1 saturated heterocycles. The van der Waals surface area contributed by atoms with Gasteiger partial charge in [-0.15, -0.1) is 0 Å². The molecule has 0 radical (unpaired) electrons. The third-order valence-corrected chi connectivity index (χ3v) is 3.91. The van der Waals surface area contributed by atoms with Gasteiger partial charge in [0.05, 0.1) is 0 Å². The monoisotopic (exact) mass is 210 g/mol. The van der Waals surface area contributed by atoms with E-state index in [0.717, 1.165) is 0 Å². The lowest BCUT2D eigenvalue weighted by atomic mass is 9.82. The molecule has 1 unspecified atom stereocenters. The lowest BCUT2D eigenvalue weighted by Crippen LogP contribution is -2.48. The molecule has 1 rings (SSSR count). The maximum Gasteiger partial charge on any atom is 0.185 e. The summed E-state index contributed by atoms with van der Waals surface area (Å²) >= 11 is 0. The molecule has 0 amide bonds. The minimum Gasteiger partial charge on any atom is -0.346 e. The normalized spacial score (nSPS) is 23.9. The van der Waals surface area contributed by atoms with Crippen molar-refractivity contribution in [2.45, 2.75) is 40.0 Å². The van der Waals surface area contributed by atoms with Crippen molar-refractivity contribution in [2.24, 2.45) is 5.41 Å². The maximum absolute atomic E-state index is 2.65. The summed E-state index contributed by atoms with van der Waals surface area (Å²) in [7, 11) is 2.22. The molecule has 0 spiro atoms. The number of hydrogen-bond donors (Lipinski definition) is 0. The molecule has 0 aliphatic carbocycles. The first-order valence-corrected chi connectivity index (χ1v) is 6.50. The van der Waals surface area contributed by atoms with Crippen LogP contribution >= 0.6 is 0 Å². The molecular weight excluding hydrogens is 183 g/mol. The molecule has 1 aliphatic heterocycles. The lowest BCUT2D eigenvalue weighted by molar-refractivity contribution is 0.114. The SMILES string of the molecule is BN1CCN(CC(C)(CC)CCC)CC1. The van der Waals surface area contributed by atoms with Crippen LogP contribution in [-0.4, -0.2) is 50.4 Å². The van der Waals surface area contributed by atoms with Gasteiger partial charge in [0.15, 0.2) is 7.98 Å². The maximum atomic E-state index is 2.65. The molecule has 0 bridgehead atoms. The Morgan fingerprint density at radius 1 is 1.13 bits per heavy atom. The lowest BCUT2D eigenvalue weighted by Gasteiger charge is -2.39. The Bertz CT molecular complexity index is 178. The van der Waals surface area contributed by atoms with E-state index >= 15 is 0 Å². The molecule has 0 N–H and O–H groups in total. The third-order valence-electron chi connectivity index (χ3n) is 3.91. The summed E-state index contributed by atoms with van der Waals surface area (Å²) in [5.41, 5.74) is 0.546. The second kappa shape index (κ2) is 5.90. The van der Waals surface area contributed by atoms with E-state index in [0.29, 0.717) is 5.41 Å². The Kier molecular flexibility index (Phi) is 5.14. The van der Waals surface area contributed by atoms with Crippen LogP contribution in [0.4, 0.5) is 0 Å². The summed E-state index contributed by atoms with van der Waals surface area (Å²) in [5, 5.41) is 0. The molecule has 0 aromatic carbocycles. The molecule has 1 atom stereocenters. The number of nitrogens with zero attached hydrogens (tertiary/aromatic N) is 2. The van der Waals surface area contributed by atoms with Crippen LogP contribution in [0.1, 0.15) is 40.0 Å². The fourth-order valence-electron chi connectivity index (χ4n) is 2.52. The zero-order chi connectivity index (χ0) is 11.3. The van der Waals surface area contributed by atoms with E-state index in [-0.39, 0.29) is 0 Å². The third kappa shape index (κ3) is 4.16. The Hall–Kier alpha value is -0.0151. The van der Waals surface area contributed by atoms with E-state index in [1.807, 2.05) is 0 Å². The van der Waals surface area contributed by atoms with Gasteiger partial charge in [0.2, 0.25) is 0 Å². The first-order chi connectivity index (χ1) is 7.09. The van der Waals surface area contributed by atoms with Crippen molar-refractivity contribution in [3.05, 3.63) is 0 Å². The van der Waals surface area contributed by atoms with Crippen LogP contribution in [-0.2, 0) is 0 Å². The molecule has 15 heavy (non-hydrogen) atoms. The molecule has 88 valence electrons. The highest BCUT2D eigenvalue weighted by Crippen LogP contribution is 2.28. The van der Waals surface area contributed by atoms with Crippen molar-refractivity contribution in [1.29, 1.82) is 0 Å². The van der Waals surface area contributed by atoms with Crippen LogP contribution in [0.2, 0.25) is 0 Å². The fourth-order valence-corrected chi connectivity index (χ4v) is 2.52. The van der Waals surface area contributed by atoms with Gasteiger partial charge in [0, 0.05) is 19.6 Å². The zero-order valence-electron chi connectivity index (χ0n) is 11.1. The number of piperazine rings is 1. The summed E-state index contributed by atoms with van der Waals surface area (Å²) in [6.45, 7) is 13.4. The molecule has 2 nitrogen and oxygen atoms in total. The minimum absolute atomic E-state index is 0.546. The topological polar surface area (TPSA) is 6.48 Å². The summed E-state index contributed by atoms with van der Waals surface area (Å²) in [6.07, 6.45) is 4.00. The van der Waals surface area contributed by atoms with E-state index in [2.05, 4.69) is 38.5 Å². The predicted molar refractivity (Wildman–Crippen MR) is 69.9 cm³/mol. The van der Waals surface area contributed by atoms with Crippen molar-refractivity contribution in [1.82, 2.24) is 9.71 Å². The molecular formula is C12H27BN2. The van der Waals surface area contributed by atoms with Crippen LogP contribution in [0.5, 0.6) is 0 Å². The Morgan fingerprint density at radius 3 is 2.20 bits per heavy atom. The van der Waals surface area contributed by atoms with E-state index in [4.69, 9.17) is 0 Å². The van der Waals surface area contributed by atoms with Crippen molar-refractivity contribution in [3.8, 4) is 0 Å². The summed E-state index contributed by atoms with van der Waals surface area (Å²) in [5.74, 6) is 0. The average molecular weight is 210 g/mol. The fraction of sp³-hybridized carbons (Fsp3) is 1.00. The van der Waals surface area contributed by atoms with Crippen LogP contribution in [0.3, 0.4) is 0 Å². The van der Waals surface area contributed by atoms with Crippen LogP contribution in [0, 0.1) is 5.41 Å². The Balaban J connectivity index is 2.38. The van der Waals surface area contributed by atoms with Gasteiger partial charge in [-0.3, -0.25) is 0 Å². The van der Waals surface area contributed by atoms with E-state index in [1.165, 1.54) is 52.0 Å². The summed E-state index contributed by atoms with van der Waals surface area (Å²) in [6, 6.07) is 0. The van der Waals surface area contributed by atoms with Crippen molar-refractivity contribution in [3.63, 3.8) is 0 Å². The highest BCUT2D eigenvalue weighted by molar-refractivity contribution is 6.04. The molecule has 0 aromatic rings. The van der Waals surface area contributed by atoms with Gasteiger partial charge < -0.3 is 9.71 Å². The molecule has 1 fully saturated rings. The van der Waals surface area contributed by atoms with Gasteiger partial charge in [0.1, 0.15) is 0 Å². The first kappa shape index (κ1) is 13.1. The molecule has 1 heterocycles. The minimum atomic E-state index is 0.546. The number of hydrogen-bond acceptors (Lipinski definition) is 2. The van der Waals surface area contributed by atoms with Crippen LogP contribution in [0.15, 0.2) is 0 Å². The second-order valence-electron chi connectivity index (χ2n) is 5.49. The molecule has 1 aliphatic rings. The van der Waals surface area contributed by atoms with Crippen LogP contribution < -0.4 is 0 Å². The number of rotatable bonds is 5. The molecule has 3 heteroatoms.